The van der Waals surface area contributed by atoms with Crippen molar-refractivity contribution < 1.29 is 18.3 Å². The minimum absolute atomic E-state index is 0.0734. The molecule has 2 N–H and O–H groups in total. The van der Waals surface area contributed by atoms with E-state index in [1.807, 2.05) is 0 Å². The monoisotopic (exact) mass is 427 g/mol. The maximum Gasteiger partial charge on any atom is 0.244 e. The lowest BCUT2D eigenvalue weighted by Crippen LogP contribution is -2.38. The van der Waals surface area contributed by atoms with Crippen LogP contribution < -0.4 is 9.46 Å². The van der Waals surface area contributed by atoms with Crippen molar-refractivity contribution in [2.75, 3.05) is 0 Å². The standard InChI is InChI=1S/C19H19Cl2NO4S/c20-14-2-1-3-15(21)19(14)26-13-6-7-17(23)18(10-13)27(24,25)22-16-9-11-4-5-12(16)8-11/h1-3,6-7,10-12,16,22-23H,4-5,8-9H2. The maximum atomic E-state index is 12.8. The number of phenolic OH excluding ortho intramolecular Hbond substituents is 1. The molecule has 2 aliphatic rings. The molecule has 3 atom stereocenters. The predicted molar refractivity (Wildman–Crippen MR) is 104 cm³/mol. The van der Waals surface area contributed by atoms with Gasteiger partial charge in [0.2, 0.25) is 10.0 Å². The summed E-state index contributed by atoms with van der Waals surface area (Å²) in [5.41, 5.74) is 0. The Hall–Kier alpha value is -1.47. The van der Waals surface area contributed by atoms with Gasteiger partial charge in [0.05, 0.1) is 10.0 Å². The molecular formula is C19H19Cl2NO4S. The van der Waals surface area contributed by atoms with E-state index in [9.17, 15) is 13.5 Å². The summed E-state index contributed by atoms with van der Waals surface area (Å²) in [5, 5.41) is 10.7. The van der Waals surface area contributed by atoms with Crippen LogP contribution >= 0.6 is 23.2 Å². The number of nitrogens with one attached hydrogen (secondary N) is 1. The van der Waals surface area contributed by atoms with Gasteiger partial charge in [-0.15, -0.1) is 0 Å². The van der Waals surface area contributed by atoms with Crippen LogP contribution in [0.1, 0.15) is 25.7 Å². The number of halogens is 2. The maximum absolute atomic E-state index is 12.8. The zero-order chi connectivity index (χ0) is 19.2. The van der Waals surface area contributed by atoms with Gasteiger partial charge >= 0.3 is 0 Å². The number of rotatable bonds is 5. The van der Waals surface area contributed by atoms with Crippen molar-refractivity contribution in [1.29, 1.82) is 0 Å². The van der Waals surface area contributed by atoms with E-state index in [-0.39, 0.29) is 28.2 Å². The summed E-state index contributed by atoms with van der Waals surface area (Å²) in [6.45, 7) is 0. The van der Waals surface area contributed by atoms with E-state index in [1.165, 1.54) is 24.6 Å². The average molecular weight is 428 g/mol. The lowest BCUT2D eigenvalue weighted by Gasteiger charge is -2.23. The number of para-hydroxylation sites is 1. The Morgan fingerprint density at radius 2 is 1.81 bits per heavy atom. The van der Waals surface area contributed by atoms with E-state index < -0.39 is 10.0 Å². The van der Waals surface area contributed by atoms with Crippen molar-refractivity contribution in [3.63, 3.8) is 0 Å². The Morgan fingerprint density at radius 3 is 2.44 bits per heavy atom. The third-order valence-corrected chi connectivity index (χ3v) is 7.52. The molecule has 0 heterocycles. The highest BCUT2D eigenvalue weighted by Crippen LogP contribution is 2.45. The van der Waals surface area contributed by atoms with Crippen LogP contribution in [0.25, 0.3) is 0 Å². The van der Waals surface area contributed by atoms with Crippen LogP contribution in [0.2, 0.25) is 10.0 Å². The normalized spacial score (nSPS) is 24.3. The molecular weight excluding hydrogens is 409 g/mol. The van der Waals surface area contributed by atoms with Gasteiger partial charge in [-0.05, 0) is 55.4 Å². The SMILES string of the molecule is O=S(=O)(NC1CC2CCC1C2)c1cc(Oc2c(Cl)cccc2Cl)ccc1O. The number of sulfonamides is 1. The Bertz CT molecular complexity index is 959. The largest absolute Gasteiger partial charge is 0.507 e. The van der Waals surface area contributed by atoms with E-state index in [2.05, 4.69) is 4.72 Å². The highest BCUT2D eigenvalue weighted by atomic mass is 35.5. The van der Waals surface area contributed by atoms with Crippen LogP contribution in [0.5, 0.6) is 17.2 Å². The third kappa shape index (κ3) is 3.76. The number of fused-ring (bicyclic) bond motifs is 2. The molecule has 8 heteroatoms. The van der Waals surface area contributed by atoms with Crippen molar-refractivity contribution in [1.82, 2.24) is 4.72 Å². The summed E-state index contributed by atoms with van der Waals surface area (Å²) in [7, 11) is -3.88. The Balaban J connectivity index is 1.60. The van der Waals surface area contributed by atoms with Crippen LogP contribution in [-0.2, 0) is 10.0 Å². The van der Waals surface area contributed by atoms with E-state index in [4.69, 9.17) is 27.9 Å². The van der Waals surface area contributed by atoms with Gasteiger partial charge in [0.15, 0.2) is 5.75 Å². The first-order valence-electron chi connectivity index (χ1n) is 8.80. The number of hydrogen-bond acceptors (Lipinski definition) is 4. The van der Waals surface area contributed by atoms with E-state index in [1.54, 1.807) is 18.2 Å². The highest BCUT2D eigenvalue weighted by molar-refractivity contribution is 7.89. The fraction of sp³-hybridized carbons (Fsp3) is 0.368. The Labute approximate surface area is 168 Å². The fourth-order valence-electron chi connectivity index (χ4n) is 4.12. The molecule has 0 aromatic heterocycles. The molecule has 0 saturated heterocycles. The second-order valence-electron chi connectivity index (χ2n) is 7.19. The number of ether oxygens (including phenoxy) is 1. The van der Waals surface area contributed by atoms with Gasteiger partial charge in [0, 0.05) is 12.1 Å². The summed E-state index contributed by atoms with van der Waals surface area (Å²) in [4.78, 5) is -0.217. The van der Waals surface area contributed by atoms with Crippen molar-refractivity contribution in [2.24, 2.45) is 11.8 Å². The van der Waals surface area contributed by atoms with Gasteiger partial charge in [0.25, 0.3) is 0 Å². The second-order valence-corrected chi connectivity index (χ2v) is 9.68. The highest BCUT2D eigenvalue weighted by Gasteiger charge is 2.41. The van der Waals surface area contributed by atoms with Gasteiger partial charge in [-0.2, -0.15) is 0 Å². The van der Waals surface area contributed by atoms with E-state index >= 15 is 0 Å². The van der Waals surface area contributed by atoms with Crippen molar-refractivity contribution in [3.05, 3.63) is 46.4 Å². The van der Waals surface area contributed by atoms with Gasteiger partial charge < -0.3 is 9.84 Å². The summed E-state index contributed by atoms with van der Waals surface area (Å²) in [6.07, 6.45) is 4.16. The molecule has 0 radical (unpaired) electrons. The molecule has 5 nitrogen and oxygen atoms in total. The molecule has 0 spiro atoms. The number of aromatic hydroxyl groups is 1. The van der Waals surface area contributed by atoms with E-state index in [0.29, 0.717) is 21.9 Å². The summed E-state index contributed by atoms with van der Waals surface area (Å²) in [5.74, 6) is 1.11. The minimum Gasteiger partial charge on any atom is -0.507 e. The number of benzene rings is 2. The second kappa shape index (κ2) is 7.17. The van der Waals surface area contributed by atoms with Crippen molar-refractivity contribution in [2.45, 2.75) is 36.6 Å². The molecule has 27 heavy (non-hydrogen) atoms. The summed E-state index contributed by atoms with van der Waals surface area (Å²) in [6, 6.07) is 8.89. The number of hydrogen-bond donors (Lipinski definition) is 2. The zero-order valence-electron chi connectivity index (χ0n) is 14.4. The summed E-state index contributed by atoms with van der Waals surface area (Å²) < 4.78 is 34.1. The first-order valence-corrected chi connectivity index (χ1v) is 11.0. The summed E-state index contributed by atoms with van der Waals surface area (Å²) >= 11 is 12.2. The molecule has 0 amide bonds. The molecule has 3 unspecified atom stereocenters. The molecule has 2 aliphatic carbocycles. The molecule has 144 valence electrons. The average Bonchev–Trinajstić information content (AvgIpc) is 3.22. The van der Waals surface area contributed by atoms with Crippen molar-refractivity contribution >= 4 is 33.2 Å². The predicted octanol–water partition coefficient (Wildman–Crippen LogP) is 4.96. The molecule has 2 saturated carbocycles. The smallest absolute Gasteiger partial charge is 0.244 e. The topological polar surface area (TPSA) is 75.6 Å². The molecule has 2 bridgehead atoms. The van der Waals surface area contributed by atoms with Gasteiger partial charge in [-0.3, -0.25) is 0 Å². The van der Waals surface area contributed by atoms with Crippen LogP contribution in [-0.4, -0.2) is 19.6 Å². The lowest BCUT2D eigenvalue weighted by molar-refractivity contribution is 0.388. The van der Waals surface area contributed by atoms with Crippen LogP contribution in [0, 0.1) is 11.8 Å². The molecule has 0 aliphatic heterocycles. The van der Waals surface area contributed by atoms with Gasteiger partial charge in [0.1, 0.15) is 16.4 Å². The van der Waals surface area contributed by atoms with Crippen molar-refractivity contribution in [3.8, 4) is 17.2 Å². The zero-order valence-corrected chi connectivity index (χ0v) is 16.7. The third-order valence-electron chi connectivity index (χ3n) is 5.40. The molecule has 2 aromatic rings. The van der Waals surface area contributed by atoms with E-state index in [0.717, 1.165) is 19.3 Å². The van der Waals surface area contributed by atoms with Crippen LogP contribution in [0.15, 0.2) is 41.3 Å². The van der Waals surface area contributed by atoms with Crippen LogP contribution in [0.4, 0.5) is 0 Å². The lowest BCUT2D eigenvalue weighted by atomic mass is 9.96. The molecule has 2 aromatic carbocycles. The number of phenols is 1. The minimum atomic E-state index is -3.88. The molecule has 4 rings (SSSR count). The first-order chi connectivity index (χ1) is 12.8. The Morgan fingerprint density at radius 1 is 1.07 bits per heavy atom. The van der Waals surface area contributed by atoms with Gasteiger partial charge in [-0.1, -0.05) is 35.7 Å². The van der Waals surface area contributed by atoms with Gasteiger partial charge in [-0.25, -0.2) is 13.1 Å². The quantitative estimate of drug-likeness (QED) is 0.706. The fourth-order valence-corrected chi connectivity index (χ4v) is 6.03. The Kier molecular flexibility index (Phi) is 5.01. The van der Waals surface area contributed by atoms with Crippen LogP contribution in [0.3, 0.4) is 0 Å². The molecule has 2 fully saturated rings. The first kappa shape index (κ1) is 18.9.